The highest BCUT2D eigenvalue weighted by Gasteiger charge is 2.25. The third-order valence-corrected chi connectivity index (χ3v) is 7.24. The summed E-state index contributed by atoms with van der Waals surface area (Å²) in [6, 6.07) is 20.0. The first-order valence-electron chi connectivity index (χ1n) is 12.0. The van der Waals surface area contributed by atoms with E-state index < -0.39 is 0 Å². The number of halogens is 2. The van der Waals surface area contributed by atoms with E-state index in [1.807, 2.05) is 18.2 Å². The molecule has 36 heavy (non-hydrogen) atoms. The predicted molar refractivity (Wildman–Crippen MR) is 153 cm³/mol. The van der Waals surface area contributed by atoms with Gasteiger partial charge in [0.15, 0.2) is 11.5 Å². The highest BCUT2D eigenvalue weighted by Crippen LogP contribution is 2.46. The Hall–Kier alpha value is -2.77. The number of unbranched alkanes of at least 4 members (excludes halogenated alkanes) is 3. The molecule has 0 radical (unpaired) electrons. The first kappa shape index (κ1) is 26.3. The molecule has 0 spiro atoms. The molecule has 4 rings (SSSR count). The van der Waals surface area contributed by atoms with Gasteiger partial charge in [-0.3, -0.25) is 0 Å². The van der Waals surface area contributed by atoms with Gasteiger partial charge >= 0.3 is 0 Å². The number of phenolic OH excluding ortho intramolecular Hbond substituents is 1. The summed E-state index contributed by atoms with van der Waals surface area (Å²) >= 11 is 7.12. The number of ether oxygens (including phenoxy) is 2. The summed E-state index contributed by atoms with van der Waals surface area (Å²) in [7, 11) is 3.11. The van der Waals surface area contributed by atoms with Crippen molar-refractivity contribution in [3.8, 4) is 51.2 Å². The number of aromatic hydroxyl groups is 1. The van der Waals surface area contributed by atoms with Crippen LogP contribution < -0.4 is 9.47 Å². The molecule has 0 atom stereocenters. The van der Waals surface area contributed by atoms with Crippen LogP contribution in [-0.2, 0) is 6.54 Å². The lowest BCUT2D eigenvalue weighted by molar-refractivity contribution is 0.334. The summed E-state index contributed by atoms with van der Waals surface area (Å²) in [6.07, 6.45) is 4.52. The lowest BCUT2D eigenvalue weighted by atomic mass is 10.0. The number of hydrogen-bond acceptors (Lipinski definition) is 4. The second-order valence-corrected chi connectivity index (χ2v) is 10.4. The fourth-order valence-electron chi connectivity index (χ4n) is 4.41. The minimum atomic E-state index is 0.0282. The van der Waals surface area contributed by atoms with Crippen molar-refractivity contribution < 1.29 is 14.6 Å². The standard InChI is InChI=1S/C29H30Br2N2O3/c1-4-5-6-7-18-33-26(20-10-14-22(31)15-11-20)25(19-8-12-21(30)13-9-19)32-29(33)23-16-17-24(34)28(36-3)27(23)35-2/h8-17,34H,4-7,18H2,1-3H3. The molecule has 0 saturated carbocycles. The van der Waals surface area contributed by atoms with Gasteiger partial charge in [-0.25, -0.2) is 4.98 Å². The molecule has 1 N–H and O–H groups in total. The Labute approximate surface area is 229 Å². The van der Waals surface area contributed by atoms with E-state index in [9.17, 15) is 5.11 Å². The molecule has 5 nitrogen and oxygen atoms in total. The van der Waals surface area contributed by atoms with E-state index in [-0.39, 0.29) is 5.75 Å². The average Bonchev–Trinajstić information content (AvgIpc) is 3.26. The average molecular weight is 614 g/mol. The Morgan fingerprint density at radius 1 is 0.778 bits per heavy atom. The number of methoxy groups -OCH3 is 2. The normalized spacial score (nSPS) is 11.0. The number of aromatic nitrogens is 2. The maximum absolute atomic E-state index is 10.4. The summed E-state index contributed by atoms with van der Waals surface area (Å²) in [5, 5.41) is 10.4. The second-order valence-electron chi connectivity index (χ2n) is 8.56. The first-order chi connectivity index (χ1) is 17.5. The van der Waals surface area contributed by atoms with Gasteiger partial charge in [-0.05, 0) is 42.8 Å². The lowest BCUT2D eigenvalue weighted by Crippen LogP contribution is -2.05. The number of hydrogen-bond donors (Lipinski definition) is 1. The number of phenols is 1. The molecule has 0 aliphatic carbocycles. The van der Waals surface area contributed by atoms with Crippen LogP contribution in [-0.4, -0.2) is 28.9 Å². The van der Waals surface area contributed by atoms with Crippen molar-refractivity contribution >= 4 is 31.9 Å². The highest BCUT2D eigenvalue weighted by atomic mass is 79.9. The number of rotatable bonds is 10. The number of nitrogens with zero attached hydrogens (tertiary/aromatic N) is 2. The number of imidazole rings is 1. The summed E-state index contributed by atoms with van der Waals surface area (Å²) in [6.45, 7) is 3.02. The third kappa shape index (κ3) is 5.47. The van der Waals surface area contributed by atoms with Crippen LogP contribution in [0, 0.1) is 0 Å². The van der Waals surface area contributed by atoms with Crippen molar-refractivity contribution in [2.24, 2.45) is 0 Å². The maximum atomic E-state index is 10.4. The Morgan fingerprint density at radius 2 is 1.39 bits per heavy atom. The van der Waals surface area contributed by atoms with Crippen LogP contribution in [0.5, 0.6) is 17.2 Å². The van der Waals surface area contributed by atoms with E-state index in [2.05, 4.69) is 79.7 Å². The van der Waals surface area contributed by atoms with Gasteiger partial charge in [0.25, 0.3) is 0 Å². The van der Waals surface area contributed by atoms with E-state index in [4.69, 9.17) is 14.5 Å². The van der Waals surface area contributed by atoms with Gasteiger partial charge in [0.05, 0.1) is 31.2 Å². The zero-order valence-corrected chi connectivity index (χ0v) is 23.9. The van der Waals surface area contributed by atoms with Crippen molar-refractivity contribution in [3.05, 3.63) is 69.6 Å². The second kappa shape index (κ2) is 12.0. The number of benzene rings is 3. The van der Waals surface area contributed by atoms with Crippen LogP contribution in [0.25, 0.3) is 33.9 Å². The SMILES string of the molecule is CCCCCCn1c(-c2ccc(O)c(OC)c2OC)nc(-c2ccc(Br)cc2)c1-c1ccc(Br)cc1. The topological polar surface area (TPSA) is 56.5 Å². The van der Waals surface area contributed by atoms with Crippen molar-refractivity contribution in [3.63, 3.8) is 0 Å². The van der Waals surface area contributed by atoms with Crippen LogP contribution in [0.2, 0.25) is 0 Å². The van der Waals surface area contributed by atoms with E-state index in [0.29, 0.717) is 11.5 Å². The summed E-state index contributed by atoms with van der Waals surface area (Å²) < 4.78 is 15.6. The Bertz CT molecular complexity index is 1320. The molecule has 1 heterocycles. The van der Waals surface area contributed by atoms with Crippen molar-refractivity contribution in [2.75, 3.05) is 14.2 Å². The largest absolute Gasteiger partial charge is 0.504 e. The zero-order chi connectivity index (χ0) is 25.7. The molecule has 7 heteroatoms. The Morgan fingerprint density at radius 3 is 1.97 bits per heavy atom. The van der Waals surface area contributed by atoms with Crippen LogP contribution >= 0.6 is 31.9 Å². The lowest BCUT2D eigenvalue weighted by Gasteiger charge is -2.17. The molecule has 0 aliphatic rings. The molecule has 3 aromatic carbocycles. The quantitative estimate of drug-likeness (QED) is 0.182. The molecule has 0 unspecified atom stereocenters. The molecular weight excluding hydrogens is 584 g/mol. The van der Waals surface area contributed by atoms with Crippen LogP contribution in [0.4, 0.5) is 0 Å². The van der Waals surface area contributed by atoms with Gasteiger partial charge in [-0.15, -0.1) is 0 Å². The van der Waals surface area contributed by atoms with Crippen LogP contribution in [0.15, 0.2) is 69.6 Å². The predicted octanol–water partition coefficient (Wildman–Crippen LogP) is 8.71. The van der Waals surface area contributed by atoms with Crippen molar-refractivity contribution in [1.82, 2.24) is 9.55 Å². The Balaban J connectivity index is 2.01. The molecule has 0 saturated heterocycles. The summed E-state index contributed by atoms with van der Waals surface area (Å²) in [5.41, 5.74) is 4.81. The minimum absolute atomic E-state index is 0.0282. The van der Waals surface area contributed by atoms with Gasteiger partial charge in [0.1, 0.15) is 5.82 Å². The summed E-state index contributed by atoms with van der Waals surface area (Å²) in [5.74, 6) is 1.56. The molecule has 0 amide bonds. The molecule has 1 aromatic heterocycles. The molecule has 188 valence electrons. The van der Waals surface area contributed by atoms with Crippen molar-refractivity contribution in [1.29, 1.82) is 0 Å². The Kier molecular flexibility index (Phi) is 8.75. The zero-order valence-electron chi connectivity index (χ0n) is 20.7. The summed E-state index contributed by atoms with van der Waals surface area (Å²) in [4.78, 5) is 5.21. The first-order valence-corrected chi connectivity index (χ1v) is 13.6. The van der Waals surface area contributed by atoms with Gasteiger partial charge in [-0.1, -0.05) is 82.3 Å². The molecule has 4 aromatic rings. The van der Waals surface area contributed by atoms with Crippen LogP contribution in [0.1, 0.15) is 32.6 Å². The maximum Gasteiger partial charge on any atom is 0.203 e. The van der Waals surface area contributed by atoms with Gasteiger partial charge in [0, 0.05) is 26.6 Å². The van der Waals surface area contributed by atoms with Crippen LogP contribution in [0.3, 0.4) is 0 Å². The fraction of sp³-hybridized carbons (Fsp3) is 0.276. The third-order valence-electron chi connectivity index (χ3n) is 6.18. The fourth-order valence-corrected chi connectivity index (χ4v) is 4.94. The van der Waals surface area contributed by atoms with Gasteiger partial charge in [0.2, 0.25) is 5.75 Å². The molecule has 0 fully saturated rings. The molecule has 0 bridgehead atoms. The highest BCUT2D eigenvalue weighted by molar-refractivity contribution is 9.10. The van der Waals surface area contributed by atoms with E-state index in [1.165, 1.54) is 20.0 Å². The smallest absolute Gasteiger partial charge is 0.203 e. The molecular formula is C29H30Br2N2O3. The van der Waals surface area contributed by atoms with Gasteiger partial charge < -0.3 is 19.1 Å². The molecule has 0 aliphatic heterocycles. The van der Waals surface area contributed by atoms with Crippen molar-refractivity contribution in [2.45, 2.75) is 39.2 Å². The van der Waals surface area contributed by atoms with E-state index in [0.717, 1.165) is 62.2 Å². The monoisotopic (exact) mass is 612 g/mol. The van der Waals surface area contributed by atoms with Gasteiger partial charge in [-0.2, -0.15) is 0 Å². The van der Waals surface area contributed by atoms with E-state index >= 15 is 0 Å². The minimum Gasteiger partial charge on any atom is -0.504 e. The van der Waals surface area contributed by atoms with E-state index in [1.54, 1.807) is 13.2 Å².